The van der Waals surface area contributed by atoms with Crippen molar-refractivity contribution in [3.63, 3.8) is 0 Å². The highest BCUT2D eigenvalue weighted by Crippen LogP contribution is 2.49. The molecule has 2 heterocycles. The van der Waals surface area contributed by atoms with Crippen molar-refractivity contribution in [3.8, 4) is 11.1 Å². The van der Waals surface area contributed by atoms with Crippen molar-refractivity contribution in [3.05, 3.63) is 87.7 Å². The van der Waals surface area contributed by atoms with Crippen molar-refractivity contribution >= 4 is 29.1 Å². The molecule has 1 saturated carbocycles. The maximum atomic E-state index is 13.8. The van der Waals surface area contributed by atoms with Gasteiger partial charge in [0.2, 0.25) is 0 Å². The number of hydrogen-bond donors (Lipinski definition) is 2. The number of nitrogens with one attached hydrogen (secondary N) is 1. The van der Waals surface area contributed by atoms with Crippen LogP contribution in [-0.4, -0.2) is 46.9 Å². The van der Waals surface area contributed by atoms with Gasteiger partial charge in [-0.1, -0.05) is 47.5 Å². The van der Waals surface area contributed by atoms with Crippen molar-refractivity contribution < 1.29 is 14.7 Å². The molecule has 8 heteroatoms. The Kier molecular flexibility index (Phi) is 6.84. The Morgan fingerprint density at radius 3 is 2.46 bits per heavy atom. The molecule has 2 N–H and O–H groups in total. The van der Waals surface area contributed by atoms with Gasteiger partial charge in [-0.2, -0.15) is 0 Å². The van der Waals surface area contributed by atoms with Gasteiger partial charge in [-0.3, -0.25) is 14.6 Å². The minimum Gasteiger partial charge on any atom is -0.396 e. The molecule has 6 nitrogen and oxygen atoms in total. The zero-order valence-electron chi connectivity index (χ0n) is 19.4. The van der Waals surface area contributed by atoms with Crippen LogP contribution in [0.3, 0.4) is 0 Å². The van der Waals surface area contributed by atoms with Gasteiger partial charge in [-0.25, -0.2) is 5.06 Å². The quantitative estimate of drug-likeness (QED) is 0.422. The van der Waals surface area contributed by atoms with E-state index in [2.05, 4.69) is 10.3 Å². The van der Waals surface area contributed by atoms with Crippen LogP contribution in [0.25, 0.3) is 11.1 Å². The van der Waals surface area contributed by atoms with E-state index >= 15 is 0 Å². The second-order valence-electron chi connectivity index (χ2n) is 9.09. The lowest BCUT2D eigenvalue weighted by atomic mass is 9.75. The first kappa shape index (κ1) is 24.2. The van der Waals surface area contributed by atoms with Crippen LogP contribution in [0.2, 0.25) is 10.0 Å². The Morgan fingerprint density at radius 2 is 1.83 bits per heavy atom. The van der Waals surface area contributed by atoms with Crippen LogP contribution in [0.5, 0.6) is 0 Å². The Balaban J connectivity index is 1.77. The molecule has 0 radical (unpaired) electrons. The van der Waals surface area contributed by atoms with Gasteiger partial charge >= 0.3 is 0 Å². The third-order valence-electron chi connectivity index (χ3n) is 6.86. The van der Waals surface area contributed by atoms with Gasteiger partial charge in [-0.05, 0) is 60.7 Å². The first-order valence-electron chi connectivity index (χ1n) is 11.7. The molecule has 1 aliphatic heterocycles. The molecule has 1 amide bonds. The second-order valence-corrected chi connectivity index (χ2v) is 9.96. The van der Waals surface area contributed by atoms with Gasteiger partial charge in [0.05, 0.1) is 12.1 Å². The van der Waals surface area contributed by atoms with Crippen LogP contribution in [0.1, 0.15) is 40.9 Å². The molecule has 1 aromatic heterocycles. The number of carbonyl (C=O) groups excluding carboxylic acids is 1. The van der Waals surface area contributed by atoms with E-state index in [9.17, 15) is 9.90 Å². The highest BCUT2D eigenvalue weighted by Gasteiger charge is 2.57. The lowest BCUT2D eigenvalue weighted by molar-refractivity contribution is -0.171. The molecule has 5 rings (SSSR count). The van der Waals surface area contributed by atoms with E-state index in [1.165, 1.54) is 12.2 Å². The van der Waals surface area contributed by atoms with Crippen molar-refractivity contribution in [1.29, 1.82) is 0 Å². The Bertz CT molecular complexity index is 1220. The molecule has 0 spiro atoms. The number of fused-ring (bicyclic) bond motifs is 1. The van der Waals surface area contributed by atoms with E-state index in [0.29, 0.717) is 34.5 Å². The molecule has 35 heavy (non-hydrogen) atoms. The number of halogens is 2. The van der Waals surface area contributed by atoms with E-state index in [-0.39, 0.29) is 18.6 Å². The summed E-state index contributed by atoms with van der Waals surface area (Å²) in [5.41, 5.74) is 3.11. The molecule has 2 aromatic carbocycles. The van der Waals surface area contributed by atoms with E-state index in [0.717, 1.165) is 35.2 Å². The van der Waals surface area contributed by atoms with Crippen LogP contribution < -0.4 is 5.32 Å². The number of aliphatic hydroxyl groups excluding tert-OH is 1. The SMILES string of the molecule is CON1C(=O)c2cccc(-c3ccc(Cl)cc3)c2[C@]1(Cc1ccc(Cl)cn1)C(CCO)NC1CC1. The summed E-state index contributed by atoms with van der Waals surface area (Å²) in [5.74, 6) is -0.215. The second kappa shape index (κ2) is 9.88. The number of nitrogens with zero attached hydrogens (tertiary/aromatic N) is 2. The summed E-state index contributed by atoms with van der Waals surface area (Å²) in [6.07, 6.45) is 4.55. The lowest BCUT2D eigenvalue weighted by Crippen LogP contribution is -2.59. The van der Waals surface area contributed by atoms with Gasteiger partial charge in [0.1, 0.15) is 5.54 Å². The van der Waals surface area contributed by atoms with E-state index in [1.807, 2.05) is 48.5 Å². The van der Waals surface area contributed by atoms with Crippen molar-refractivity contribution in [2.75, 3.05) is 13.7 Å². The molecular formula is C27H27Cl2N3O3. The highest BCUT2D eigenvalue weighted by atomic mass is 35.5. The minimum atomic E-state index is -0.955. The van der Waals surface area contributed by atoms with Gasteiger partial charge in [0.15, 0.2) is 0 Å². The fourth-order valence-electron chi connectivity index (χ4n) is 5.21. The molecule has 2 aliphatic rings. The maximum absolute atomic E-state index is 13.8. The molecule has 182 valence electrons. The number of hydroxylamine groups is 2. The Morgan fingerprint density at radius 1 is 1.11 bits per heavy atom. The number of benzene rings is 2. The largest absolute Gasteiger partial charge is 0.396 e. The third kappa shape index (κ3) is 4.46. The topological polar surface area (TPSA) is 74.7 Å². The van der Waals surface area contributed by atoms with E-state index in [1.54, 1.807) is 12.3 Å². The molecule has 0 bridgehead atoms. The van der Waals surface area contributed by atoms with Crippen LogP contribution in [0.15, 0.2) is 60.8 Å². The van der Waals surface area contributed by atoms with Crippen molar-refractivity contribution in [2.45, 2.75) is 43.3 Å². The van der Waals surface area contributed by atoms with E-state index < -0.39 is 5.54 Å². The number of rotatable bonds is 9. The first-order chi connectivity index (χ1) is 17.0. The van der Waals surface area contributed by atoms with Crippen molar-refractivity contribution in [1.82, 2.24) is 15.4 Å². The predicted octanol–water partition coefficient (Wildman–Crippen LogP) is 5.01. The fourth-order valence-corrected chi connectivity index (χ4v) is 5.45. The average Bonchev–Trinajstić information content (AvgIpc) is 3.65. The number of amides is 1. The molecule has 1 fully saturated rings. The summed E-state index contributed by atoms with van der Waals surface area (Å²) in [7, 11) is 1.52. The number of hydrogen-bond acceptors (Lipinski definition) is 5. The smallest absolute Gasteiger partial charge is 0.278 e. The molecule has 1 aliphatic carbocycles. The summed E-state index contributed by atoms with van der Waals surface area (Å²) in [5, 5.41) is 16.5. The molecule has 2 atom stereocenters. The number of pyridine rings is 1. The summed E-state index contributed by atoms with van der Waals surface area (Å²) >= 11 is 12.3. The van der Waals surface area contributed by atoms with Gasteiger partial charge in [-0.15, -0.1) is 0 Å². The molecule has 1 unspecified atom stereocenters. The highest BCUT2D eigenvalue weighted by molar-refractivity contribution is 6.30. The fraction of sp³-hybridized carbons (Fsp3) is 0.333. The maximum Gasteiger partial charge on any atom is 0.278 e. The van der Waals surface area contributed by atoms with E-state index in [4.69, 9.17) is 28.0 Å². The van der Waals surface area contributed by atoms with Gasteiger partial charge < -0.3 is 10.4 Å². The van der Waals surface area contributed by atoms with Crippen LogP contribution >= 0.6 is 23.2 Å². The molecule has 3 aromatic rings. The minimum absolute atomic E-state index is 0.0373. The zero-order chi connectivity index (χ0) is 24.6. The summed E-state index contributed by atoms with van der Waals surface area (Å²) < 4.78 is 0. The Hall–Kier alpha value is -2.48. The third-order valence-corrected chi connectivity index (χ3v) is 7.34. The Labute approximate surface area is 214 Å². The summed E-state index contributed by atoms with van der Waals surface area (Å²) in [6, 6.07) is 17.1. The van der Waals surface area contributed by atoms with Crippen LogP contribution in [-0.2, 0) is 16.8 Å². The van der Waals surface area contributed by atoms with Crippen LogP contribution in [0, 0.1) is 0 Å². The summed E-state index contributed by atoms with van der Waals surface area (Å²) in [6.45, 7) is -0.0373. The van der Waals surface area contributed by atoms with Crippen LogP contribution in [0.4, 0.5) is 0 Å². The van der Waals surface area contributed by atoms with Crippen molar-refractivity contribution in [2.24, 2.45) is 0 Å². The predicted molar refractivity (Wildman–Crippen MR) is 136 cm³/mol. The first-order valence-corrected chi connectivity index (χ1v) is 12.5. The number of aliphatic hydroxyl groups is 1. The summed E-state index contributed by atoms with van der Waals surface area (Å²) in [4.78, 5) is 24.2. The monoisotopic (exact) mass is 511 g/mol. The number of aromatic nitrogens is 1. The van der Waals surface area contributed by atoms with Gasteiger partial charge in [0, 0.05) is 53.2 Å². The molecule has 0 saturated heterocycles. The van der Waals surface area contributed by atoms with Gasteiger partial charge in [0.25, 0.3) is 5.91 Å². The normalized spacial score (nSPS) is 20.2. The standard InChI is InChI=1S/C27H27Cl2N3O3/c1-35-32-26(34)23-4-2-3-22(17-5-7-18(28)8-6-17)25(23)27(32,15-21-10-9-19(29)16-30-21)24(13-14-33)31-20-11-12-20/h2-10,16,20,24,31,33H,11-15H2,1H3/t24?,27-/m0/s1. The average molecular weight is 512 g/mol. The molecular weight excluding hydrogens is 485 g/mol. The zero-order valence-corrected chi connectivity index (χ0v) is 20.9. The lowest BCUT2D eigenvalue weighted by Gasteiger charge is -2.44. The number of carbonyl (C=O) groups is 1.